The predicted octanol–water partition coefficient (Wildman–Crippen LogP) is 5.86. The van der Waals surface area contributed by atoms with Crippen LogP contribution in [0, 0.1) is 0 Å². The second kappa shape index (κ2) is 12.4. The fourth-order valence-electron chi connectivity index (χ4n) is 4.24. The highest BCUT2D eigenvalue weighted by molar-refractivity contribution is 5.70. The Labute approximate surface area is 214 Å². The Bertz CT molecular complexity index is 970. The maximum Gasteiger partial charge on any atom is 0.410 e. The number of nitrogens with zero attached hydrogens (tertiary/aromatic N) is 1. The normalized spacial score (nSPS) is 19.4. The third kappa shape index (κ3) is 9.63. The lowest BCUT2D eigenvalue weighted by atomic mass is 10.0. The number of benzene rings is 2. The molecule has 0 bridgehead atoms. The molecule has 1 heterocycles. The quantitative estimate of drug-likeness (QED) is 0.404. The minimum Gasteiger partial charge on any atom is -0.460 e. The van der Waals surface area contributed by atoms with Gasteiger partial charge in [-0.25, -0.2) is 4.79 Å². The molecule has 1 aliphatic rings. The van der Waals surface area contributed by atoms with Crippen LogP contribution in [-0.4, -0.2) is 47.1 Å². The molecule has 36 heavy (non-hydrogen) atoms. The molecule has 0 aromatic heterocycles. The summed E-state index contributed by atoms with van der Waals surface area (Å²) in [5, 5.41) is 0. The summed E-state index contributed by atoms with van der Waals surface area (Å²) in [7, 11) is 0. The zero-order valence-electron chi connectivity index (χ0n) is 22.1. The zero-order valence-corrected chi connectivity index (χ0v) is 22.1. The van der Waals surface area contributed by atoms with Crippen LogP contribution >= 0.6 is 0 Å². The van der Waals surface area contributed by atoms with Crippen molar-refractivity contribution in [1.82, 2.24) is 4.90 Å². The van der Waals surface area contributed by atoms with E-state index in [0.717, 1.165) is 11.1 Å². The Morgan fingerprint density at radius 1 is 0.944 bits per heavy atom. The van der Waals surface area contributed by atoms with Crippen LogP contribution in [0.3, 0.4) is 0 Å². The van der Waals surface area contributed by atoms with Gasteiger partial charge in [0.1, 0.15) is 12.2 Å². The van der Waals surface area contributed by atoms with Crippen molar-refractivity contribution in [3.63, 3.8) is 0 Å². The summed E-state index contributed by atoms with van der Waals surface area (Å²) >= 11 is 0. The molecule has 2 aromatic rings. The van der Waals surface area contributed by atoms with Crippen molar-refractivity contribution in [2.75, 3.05) is 6.54 Å². The summed E-state index contributed by atoms with van der Waals surface area (Å²) in [6.45, 7) is 10.3. The molecule has 7 heteroatoms. The molecular weight excluding hydrogens is 458 g/mol. The number of carbonyl (C=O) groups excluding carboxylic acids is 2. The van der Waals surface area contributed by atoms with E-state index < -0.39 is 11.4 Å². The minimum absolute atomic E-state index is 0.160. The number of hydrogen-bond acceptors (Lipinski definition) is 6. The molecule has 2 unspecified atom stereocenters. The third-order valence-electron chi connectivity index (χ3n) is 5.64. The van der Waals surface area contributed by atoms with Gasteiger partial charge in [-0.15, -0.1) is 0 Å². The van der Waals surface area contributed by atoms with Gasteiger partial charge in [-0.1, -0.05) is 60.7 Å². The molecular formula is C29H39NO6. The summed E-state index contributed by atoms with van der Waals surface area (Å²) in [5.41, 5.74) is 1.41. The first-order valence-corrected chi connectivity index (χ1v) is 12.6. The number of hydrogen-bond donors (Lipinski definition) is 0. The number of rotatable bonds is 9. The number of esters is 1. The topological polar surface area (TPSA) is 74.3 Å². The van der Waals surface area contributed by atoms with E-state index in [0.29, 0.717) is 25.9 Å². The smallest absolute Gasteiger partial charge is 0.410 e. The summed E-state index contributed by atoms with van der Waals surface area (Å²) in [6, 6.07) is 19.5. The van der Waals surface area contributed by atoms with E-state index in [1.54, 1.807) is 4.90 Å². The molecule has 0 spiro atoms. The van der Waals surface area contributed by atoms with Crippen LogP contribution in [0.2, 0.25) is 0 Å². The van der Waals surface area contributed by atoms with Crippen LogP contribution < -0.4 is 0 Å². The van der Waals surface area contributed by atoms with E-state index >= 15 is 0 Å². The molecule has 3 rings (SSSR count). The Hall–Kier alpha value is -2.90. The van der Waals surface area contributed by atoms with Gasteiger partial charge in [-0.05, 0) is 52.2 Å². The molecule has 2 aromatic carbocycles. The summed E-state index contributed by atoms with van der Waals surface area (Å²) in [4.78, 5) is 27.1. The Kier molecular flexibility index (Phi) is 9.51. The molecule has 2 atom stereocenters. The first-order chi connectivity index (χ1) is 17.0. The number of carbonyl (C=O) groups is 2. The fourth-order valence-corrected chi connectivity index (χ4v) is 4.24. The van der Waals surface area contributed by atoms with E-state index in [-0.39, 0.29) is 37.3 Å². The predicted molar refractivity (Wildman–Crippen MR) is 137 cm³/mol. The van der Waals surface area contributed by atoms with E-state index in [1.165, 1.54) is 0 Å². The molecule has 0 aliphatic carbocycles. The lowest BCUT2D eigenvalue weighted by Crippen LogP contribution is -2.46. The summed E-state index contributed by atoms with van der Waals surface area (Å²) in [6.07, 6.45) is 0.418. The highest BCUT2D eigenvalue weighted by Crippen LogP contribution is 2.30. The van der Waals surface area contributed by atoms with Crippen molar-refractivity contribution in [3.8, 4) is 0 Å². The van der Waals surface area contributed by atoms with Crippen molar-refractivity contribution in [1.29, 1.82) is 0 Å². The highest BCUT2D eigenvalue weighted by atomic mass is 16.7. The first-order valence-electron chi connectivity index (χ1n) is 12.6. The van der Waals surface area contributed by atoms with Crippen LogP contribution in [0.25, 0.3) is 0 Å². The Balaban J connectivity index is 1.62. The molecule has 1 aliphatic heterocycles. The SMILES string of the molecule is CC(C)(C)OC(=O)CC1CC(CCN(Cc2ccccc2)C(=O)OCc2ccccc2)OC(C)(C)O1. The van der Waals surface area contributed by atoms with Gasteiger partial charge in [0.2, 0.25) is 0 Å². The average Bonchev–Trinajstić information content (AvgIpc) is 2.79. The minimum atomic E-state index is -0.840. The van der Waals surface area contributed by atoms with Gasteiger partial charge in [0.05, 0.1) is 18.6 Å². The lowest BCUT2D eigenvalue weighted by Gasteiger charge is -2.41. The van der Waals surface area contributed by atoms with Gasteiger partial charge in [0.25, 0.3) is 0 Å². The first kappa shape index (κ1) is 27.7. The van der Waals surface area contributed by atoms with Crippen LogP contribution in [0.5, 0.6) is 0 Å². The monoisotopic (exact) mass is 497 g/mol. The van der Waals surface area contributed by atoms with Gasteiger partial charge in [0.15, 0.2) is 5.79 Å². The molecule has 0 N–H and O–H groups in total. The van der Waals surface area contributed by atoms with Crippen LogP contribution in [0.4, 0.5) is 4.79 Å². The van der Waals surface area contributed by atoms with Crippen molar-refractivity contribution in [3.05, 3.63) is 71.8 Å². The van der Waals surface area contributed by atoms with Crippen LogP contribution in [0.15, 0.2) is 60.7 Å². The third-order valence-corrected chi connectivity index (χ3v) is 5.64. The molecule has 196 valence electrons. The largest absolute Gasteiger partial charge is 0.460 e. The van der Waals surface area contributed by atoms with E-state index in [9.17, 15) is 9.59 Å². The van der Waals surface area contributed by atoms with Crippen molar-refractivity contribution < 1.29 is 28.5 Å². The second-order valence-corrected chi connectivity index (χ2v) is 10.6. The Morgan fingerprint density at radius 3 is 2.14 bits per heavy atom. The van der Waals surface area contributed by atoms with Crippen LogP contribution in [0.1, 0.15) is 65.0 Å². The molecule has 0 radical (unpaired) electrons. The van der Waals surface area contributed by atoms with Gasteiger partial charge in [-0.2, -0.15) is 0 Å². The fraction of sp³-hybridized carbons (Fsp3) is 0.517. The summed E-state index contributed by atoms with van der Waals surface area (Å²) in [5.74, 6) is -1.13. The molecule has 1 saturated heterocycles. The van der Waals surface area contributed by atoms with Crippen LogP contribution in [-0.2, 0) is 36.9 Å². The standard InChI is InChI=1S/C29H39NO6/c1-28(2,3)36-26(31)19-25-18-24(34-29(4,5)35-25)16-17-30(20-22-12-8-6-9-13-22)27(32)33-21-23-14-10-7-11-15-23/h6-15,24-25H,16-21H2,1-5H3. The van der Waals surface area contributed by atoms with Crippen molar-refractivity contribution in [2.45, 2.75) is 90.6 Å². The van der Waals surface area contributed by atoms with Gasteiger partial charge >= 0.3 is 12.1 Å². The van der Waals surface area contributed by atoms with E-state index in [1.807, 2.05) is 95.3 Å². The van der Waals surface area contributed by atoms with Gasteiger partial charge in [-0.3, -0.25) is 4.79 Å². The second-order valence-electron chi connectivity index (χ2n) is 10.6. The lowest BCUT2D eigenvalue weighted by molar-refractivity contribution is -0.301. The van der Waals surface area contributed by atoms with Crippen molar-refractivity contribution in [2.24, 2.45) is 0 Å². The maximum absolute atomic E-state index is 13.0. The maximum atomic E-state index is 13.0. The highest BCUT2D eigenvalue weighted by Gasteiger charge is 2.37. The Morgan fingerprint density at radius 2 is 1.53 bits per heavy atom. The average molecular weight is 498 g/mol. The van der Waals surface area contributed by atoms with Crippen molar-refractivity contribution >= 4 is 12.1 Å². The van der Waals surface area contributed by atoms with E-state index in [4.69, 9.17) is 18.9 Å². The zero-order chi connectivity index (χ0) is 26.2. The van der Waals surface area contributed by atoms with Gasteiger partial charge < -0.3 is 23.8 Å². The number of amides is 1. The molecule has 1 amide bonds. The summed E-state index contributed by atoms with van der Waals surface area (Å²) < 4.78 is 23.2. The molecule has 7 nitrogen and oxygen atoms in total. The molecule has 0 saturated carbocycles. The number of ether oxygens (including phenoxy) is 4. The van der Waals surface area contributed by atoms with Gasteiger partial charge in [0, 0.05) is 19.5 Å². The molecule has 1 fully saturated rings. The van der Waals surface area contributed by atoms with E-state index in [2.05, 4.69) is 0 Å².